The van der Waals surface area contributed by atoms with Gasteiger partial charge in [0.2, 0.25) is 5.91 Å². The maximum atomic E-state index is 11.3. The lowest BCUT2D eigenvalue weighted by Gasteiger charge is -2.02. The molecule has 1 amide bonds. The van der Waals surface area contributed by atoms with Crippen molar-refractivity contribution >= 4 is 16.8 Å². The van der Waals surface area contributed by atoms with E-state index in [0.29, 0.717) is 13.0 Å². The van der Waals surface area contributed by atoms with Crippen molar-refractivity contribution in [1.29, 1.82) is 0 Å². The summed E-state index contributed by atoms with van der Waals surface area (Å²) in [6.45, 7) is 5.83. The number of nitrogens with one attached hydrogen (secondary N) is 1. The minimum atomic E-state index is 0.122. The maximum absolute atomic E-state index is 11.3. The van der Waals surface area contributed by atoms with E-state index in [0.717, 1.165) is 19.4 Å². The van der Waals surface area contributed by atoms with Crippen molar-refractivity contribution < 1.29 is 4.79 Å². The standard InChI is InChI=1S/C16H22N2O/c1-3-11-18-12-13(9-10-17-16(19)4-2)14-7-5-6-8-15(14)18/h5-8,12H,3-4,9-11H2,1-2H3,(H,17,19). The summed E-state index contributed by atoms with van der Waals surface area (Å²) in [4.78, 5) is 11.3. The summed E-state index contributed by atoms with van der Waals surface area (Å²) in [5.74, 6) is 0.122. The third-order valence-corrected chi connectivity index (χ3v) is 3.37. The first-order valence-electron chi connectivity index (χ1n) is 7.09. The number of nitrogens with zero attached hydrogens (tertiary/aromatic N) is 1. The molecule has 19 heavy (non-hydrogen) atoms. The zero-order valence-corrected chi connectivity index (χ0v) is 11.8. The van der Waals surface area contributed by atoms with Crippen LogP contribution in [-0.4, -0.2) is 17.0 Å². The van der Waals surface area contributed by atoms with Crippen molar-refractivity contribution in [2.24, 2.45) is 0 Å². The quantitative estimate of drug-likeness (QED) is 0.848. The second kappa shape index (κ2) is 6.41. The highest BCUT2D eigenvalue weighted by Crippen LogP contribution is 2.21. The van der Waals surface area contributed by atoms with Gasteiger partial charge in [0.25, 0.3) is 0 Å². The van der Waals surface area contributed by atoms with Gasteiger partial charge in [0.15, 0.2) is 0 Å². The molecule has 0 fully saturated rings. The van der Waals surface area contributed by atoms with Crippen LogP contribution in [0.4, 0.5) is 0 Å². The number of benzene rings is 1. The van der Waals surface area contributed by atoms with Crippen LogP contribution in [0.1, 0.15) is 32.3 Å². The fourth-order valence-electron chi connectivity index (χ4n) is 2.41. The molecule has 3 nitrogen and oxygen atoms in total. The molecular weight excluding hydrogens is 236 g/mol. The number of rotatable bonds is 6. The number of para-hydroxylation sites is 1. The number of fused-ring (bicyclic) bond motifs is 1. The first-order chi connectivity index (χ1) is 9.26. The topological polar surface area (TPSA) is 34.0 Å². The Morgan fingerprint density at radius 2 is 2.05 bits per heavy atom. The summed E-state index contributed by atoms with van der Waals surface area (Å²) in [6.07, 6.45) is 4.80. The van der Waals surface area contributed by atoms with Crippen LogP contribution in [0.15, 0.2) is 30.5 Å². The molecule has 102 valence electrons. The summed E-state index contributed by atoms with van der Waals surface area (Å²) in [7, 11) is 0. The van der Waals surface area contributed by atoms with Gasteiger partial charge in [-0.2, -0.15) is 0 Å². The Morgan fingerprint density at radius 1 is 1.26 bits per heavy atom. The predicted octanol–water partition coefficient (Wildman–Crippen LogP) is 3.12. The van der Waals surface area contributed by atoms with Crippen molar-refractivity contribution in [2.75, 3.05) is 6.54 Å². The van der Waals surface area contributed by atoms with E-state index in [1.807, 2.05) is 6.92 Å². The Morgan fingerprint density at radius 3 is 2.79 bits per heavy atom. The molecule has 0 aliphatic carbocycles. The van der Waals surface area contributed by atoms with E-state index >= 15 is 0 Å². The first-order valence-corrected chi connectivity index (χ1v) is 7.09. The van der Waals surface area contributed by atoms with Crippen LogP contribution < -0.4 is 5.32 Å². The van der Waals surface area contributed by atoms with E-state index < -0.39 is 0 Å². The molecule has 0 bridgehead atoms. The van der Waals surface area contributed by atoms with Gasteiger partial charge in [-0.1, -0.05) is 32.0 Å². The van der Waals surface area contributed by atoms with Gasteiger partial charge in [-0.25, -0.2) is 0 Å². The van der Waals surface area contributed by atoms with Gasteiger partial charge in [-0.05, 0) is 24.5 Å². The molecule has 0 spiro atoms. The van der Waals surface area contributed by atoms with Crippen LogP contribution in [0.2, 0.25) is 0 Å². The van der Waals surface area contributed by atoms with Crippen LogP contribution in [0.25, 0.3) is 10.9 Å². The second-order valence-electron chi connectivity index (χ2n) is 4.82. The Kier molecular flexibility index (Phi) is 4.61. The Bertz CT molecular complexity index is 557. The molecule has 0 aliphatic rings. The molecule has 0 unspecified atom stereocenters. The molecule has 1 aromatic carbocycles. The van der Waals surface area contributed by atoms with Crippen molar-refractivity contribution in [1.82, 2.24) is 9.88 Å². The number of carbonyl (C=O) groups is 1. The van der Waals surface area contributed by atoms with E-state index in [1.165, 1.54) is 16.5 Å². The Hall–Kier alpha value is -1.77. The fourth-order valence-corrected chi connectivity index (χ4v) is 2.41. The molecule has 0 saturated heterocycles. The fraction of sp³-hybridized carbons (Fsp3) is 0.438. The highest BCUT2D eigenvalue weighted by atomic mass is 16.1. The van der Waals surface area contributed by atoms with Crippen molar-refractivity contribution in [3.8, 4) is 0 Å². The molecule has 1 N–H and O–H groups in total. The van der Waals surface area contributed by atoms with Crippen LogP contribution in [-0.2, 0) is 17.8 Å². The number of carbonyl (C=O) groups excluding carboxylic acids is 1. The maximum Gasteiger partial charge on any atom is 0.219 e. The van der Waals surface area contributed by atoms with Crippen molar-refractivity contribution in [3.63, 3.8) is 0 Å². The molecule has 0 saturated carbocycles. The average Bonchev–Trinajstić information content (AvgIpc) is 2.78. The van der Waals surface area contributed by atoms with Crippen molar-refractivity contribution in [2.45, 2.75) is 39.7 Å². The number of hydrogen-bond acceptors (Lipinski definition) is 1. The second-order valence-corrected chi connectivity index (χ2v) is 4.82. The highest BCUT2D eigenvalue weighted by Gasteiger charge is 2.07. The molecule has 2 rings (SSSR count). The van der Waals surface area contributed by atoms with Gasteiger partial charge < -0.3 is 9.88 Å². The Labute approximate surface area is 114 Å². The molecule has 0 radical (unpaired) electrons. The number of amides is 1. The number of hydrogen-bond donors (Lipinski definition) is 1. The zero-order chi connectivity index (χ0) is 13.7. The first kappa shape index (κ1) is 13.7. The van der Waals surface area contributed by atoms with E-state index in [9.17, 15) is 4.79 Å². The average molecular weight is 258 g/mol. The van der Waals surface area contributed by atoms with Crippen LogP contribution in [0.5, 0.6) is 0 Å². The minimum absolute atomic E-state index is 0.122. The van der Waals surface area contributed by atoms with Crippen molar-refractivity contribution in [3.05, 3.63) is 36.0 Å². The van der Waals surface area contributed by atoms with Crippen LogP contribution in [0, 0.1) is 0 Å². The van der Waals surface area contributed by atoms with Gasteiger partial charge in [-0.3, -0.25) is 4.79 Å². The summed E-state index contributed by atoms with van der Waals surface area (Å²) in [5.41, 5.74) is 2.61. The summed E-state index contributed by atoms with van der Waals surface area (Å²) < 4.78 is 2.31. The molecule has 0 atom stereocenters. The van der Waals surface area contributed by atoms with E-state index in [4.69, 9.17) is 0 Å². The lowest BCUT2D eigenvalue weighted by atomic mass is 10.1. The lowest BCUT2D eigenvalue weighted by molar-refractivity contribution is -0.120. The predicted molar refractivity (Wildman–Crippen MR) is 79.2 cm³/mol. The molecule has 1 aromatic heterocycles. The molecule has 0 aliphatic heterocycles. The van der Waals surface area contributed by atoms with Gasteiger partial charge >= 0.3 is 0 Å². The zero-order valence-electron chi connectivity index (χ0n) is 11.8. The summed E-state index contributed by atoms with van der Waals surface area (Å²) in [6, 6.07) is 8.49. The smallest absolute Gasteiger partial charge is 0.219 e. The normalized spacial score (nSPS) is 10.8. The monoisotopic (exact) mass is 258 g/mol. The third-order valence-electron chi connectivity index (χ3n) is 3.37. The minimum Gasteiger partial charge on any atom is -0.356 e. The van der Waals surface area contributed by atoms with Gasteiger partial charge in [0.1, 0.15) is 0 Å². The molecular formula is C16H22N2O. The lowest BCUT2D eigenvalue weighted by Crippen LogP contribution is -2.24. The van der Waals surface area contributed by atoms with Crippen LogP contribution in [0.3, 0.4) is 0 Å². The third kappa shape index (κ3) is 3.16. The van der Waals surface area contributed by atoms with E-state index in [2.05, 4.69) is 47.3 Å². The number of aryl methyl sites for hydroxylation is 1. The SMILES string of the molecule is CCCn1cc(CCNC(=O)CC)c2ccccc21. The van der Waals surface area contributed by atoms with E-state index in [-0.39, 0.29) is 5.91 Å². The van der Waals surface area contributed by atoms with Crippen LogP contribution >= 0.6 is 0 Å². The highest BCUT2D eigenvalue weighted by molar-refractivity contribution is 5.84. The number of aromatic nitrogens is 1. The Balaban J connectivity index is 2.16. The summed E-state index contributed by atoms with van der Waals surface area (Å²) >= 11 is 0. The van der Waals surface area contributed by atoms with E-state index in [1.54, 1.807) is 0 Å². The van der Waals surface area contributed by atoms with Gasteiger partial charge in [-0.15, -0.1) is 0 Å². The van der Waals surface area contributed by atoms with Gasteiger partial charge in [0, 0.05) is 36.6 Å². The molecule has 3 heteroatoms. The largest absolute Gasteiger partial charge is 0.356 e. The molecule has 2 aromatic rings. The molecule has 1 heterocycles. The summed E-state index contributed by atoms with van der Waals surface area (Å²) in [5, 5.41) is 4.25. The van der Waals surface area contributed by atoms with Gasteiger partial charge in [0.05, 0.1) is 0 Å².